The van der Waals surface area contributed by atoms with Crippen LogP contribution in [0.1, 0.15) is 46.0 Å². The maximum absolute atomic E-state index is 12.3. The zero-order chi connectivity index (χ0) is 16.9. The Morgan fingerprint density at radius 1 is 1.17 bits per heavy atom. The molecule has 2 N–H and O–H groups in total. The monoisotopic (exact) mass is 325 g/mol. The molecule has 0 fully saturated rings. The van der Waals surface area contributed by atoms with E-state index < -0.39 is 6.10 Å². The van der Waals surface area contributed by atoms with Crippen LogP contribution in [0.4, 0.5) is 0 Å². The third-order valence-corrected chi connectivity index (χ3v) is 4.55. The first-order chi connectivity index (χ1) is 11.7. The van der Waals surface area contributed by atoms with E-state index in [2.05, 4.69) is 11.4 Å². The third-order valence-electron chi connectivity index (χ3n) is 4.55. The molecule has 24 heavy (non-hydrogen) atoms. The largest absolute Gasteiger partial charge is 0.497 e. The number of aryl methyl sites for hydroxylation is 2. The van der Waals surface area contributed by atoms with E-state index in [1.165, 1.54) is 24.0 Å². The van der Waals surface area contributed by atoms with Gasteiger partial charge in [-0.15, -0.1) is 0 Å². The maximum Gasteiger partial charge on any atom is 0.251 e. The summed E-state index contributed by atoms with van der Waals surface area (Å²) in [5, 5.41) is 13.1. The summed E-state index contributed by atoms with van der Waals surface area (Å²) in [6, 6.07) is 13.2. The second-order valence-corrected chi connectivity index (χ2v) is 6.19. The number of carbonyl (C=O) groups excluding carboxylic acids is 1. The molecule has 0 saturated carbocycles. The van der Waals surface area contributed by atoms with Crippen LogP contribution in [-0.4, -0.2) is 24.7 Å². The molecule has 2 aromatic carbocycles. The van der Waals surface area contributed by atoms with Gasteiger partial charge in [-0.3, -0.25) is 4.79 Å². The molecule has 0 spiro atoms. The SMILES string of the molecule is COc1cccc(C(O)CNC(=O)c2ccc3c(c2)CCCC3)c1. The summed E-state index contributed by atoms with van der Waals surface area (Å²) in [4.78, 5) is 12.3. The second-order valence-electron chi connectivity index (χ2n) is 6.19. The van der Waals surface area contributed by atoms with Gasteiger partial charge >= 0.3 is 0 Å². The summed E-state index contributed by atoms with van der Waals surface area (Å²) in [5.74, 6) is 0.540. The first-order valence-electron chi connectivity index (χ1n) is 8.39. The fraction of sp³-hybridized carbons (Fsp3) is 0.350. The topological polar surface area (TPSA) is 58.6 Å². The van der Waals surface area contributed by atoms with Gasteiger partial charge in [-0.25, -0.2) is 0 Å². The Morgan fingerprint density at radius 2 is 1.96 bits per heavy atom. The number of fused-ring (bicyclic) bond motifs is 1. The molecule has 0 saturated heterocycles. The number of aliphatic hydroxyl groups excluding tert-OH is 1. The number of aliphatic hydroxyl groups is 1. The number of amides is 1. The molecule has 0 aromatic heterocycles. The van der Waals surface area contributed by atoms with Crippen LogP contribution in [0.25, 0.3) is 0 Å². The first-order valence-corrected chi connectivity index (χ1v) is 8.39. The van der Waals surface area contributed by atoms with Gasteiger partial charge < -0.3 is 15.2 Å². The van der Waals surface area contributed by atoms with E-state index in [0.29, 0.717) is 11.3 Å². The van der Waals surface area contributed by atoms with Crippen molar-refractivity contribution in [3.05, 3.63) is 64.7 Å². The molecule has 1 atom stereocenters. The van der Waals surface area contributed by atoms with Crippen molar-refractivity contribution in [1.29, 1.82) is 0 Å². The van der Waals surface area contributed by atoms with E-state index >= 15 is 0 Å². The normalized spacial score (nSPS) is 14.6. The van der Waals surface area contributed by atoms with Gasteiger partial charge in [0.25, 0.3) is 5.91 Å². The summed E-state index contributed by atoms with van der Waals surface area (Å²) >= 11 is 0. The highest BCUT2D eigenvalue weighted by molar-refractivity contribution is 5.94. The molecule has 1 aliphatic rings. The van der Waals surface area contributed by atoms with Crippen molar-refractivity contribution in [2.75, 3.05) is 13.7 Å². The van der Waals surface area contributed by atoms with Crippen molar-refractivity contribution in [2.45, 2.75) is 31.8 Å². The quantitative estimate of drug-likeness (QED) is 0.888. The Balaban J connectivity index is 1.62. The second kappa shape index (κ2) is 7.49. The summed E-state index contributed by atoms with van der Waals surface area (Å²) < 4.78 is 5.15. The Morgan fingerprint density at radius 3 is 2.75 bits per heavy atom. The molecular formula is C20H23NO3. The first kappa shape index (κ1) is 16.5. The number of carbonyl (C=O) groups is 1. The minimum Gasteiger partial charge on any atom is -0.497 e. The predicted molar refractivity (Wildman–Crippen MR) is 93.4 cm³/mol. The summed E-state index contributed by atoms with van der Waals surface area (Å²) in [6.45, 7) is 0.170. The highest BCUT2D eigenvalue weighted by atomic mass is 16.5. The maximum atomic E-state index is 12.3. The zero-order valence-corrected chi connectivity index (χ0v) is 13.9. The Hall–Kier alpha value is -2.33. The number of rotatable bonds is 5. The van der Waals surface area contributed by atoms with Gasteiger partial charge in [0, 0.05) is 12.1 Å². The lowest BCUT2D eigenvalue weighted by Gasteiger charge is -2.17. The summed E-state index contributed by atoms with van der Waals surface area (Å²) in [6.07, 6.45) is 3.80. The van der Waals surface area contributed by atoms with Crippen LogP contribution >= 0.6 is 0 Å². The molecule has 0 heterocycles. The van der Waals surface area contributed by atoms with Crippen molar-refractivity contribution in [2.24, 2.45) is 0 Å². The average molecular weight is 325 g/mol. The minimum atomic E-state index is -0.762. The molecule has 4 nitrogen and oxygen atoms in total. The van der Waals surface area contributed by atoms with Gasteiger partial charge in [0.2, 0.25) is 0 Å². The van der Waals surface area contributed by atoms with Gasteiger partial charge in [0.05, 0.1) is 13.2 Å². The van der Waals surface area contributed by atoms with E-state index in [1.54, 1.807) is 13.2 Å². The van der Waals surface area contributed by atoms with Crippen LogP contribution < -0.4 is 10.1 Å². The van der Waals surface area contributed by atoms with Crippen LogP contribution in [0.3, 0.4) is 0 Å². The molecule has 2 aromatic rings. The van der Waals surface area contributed by atoms with Gasteiger partial charge in [-0.2, -0.15) is 0 Å². The Kier molecular flexibility index (Phi) is 5.16. The van der Waals surface area contributed by atoms with Gasteiger partial charge in [0.15, 0.2) is 0 Å². The number of benzene rings is 2. The number of ether oxygens (including phenoxy) is 1. The minimum absolute atomic E-state index is 0.148. The van der Waals surface area contributed by atoms with Crippen LogP contribution in [0, 0.1) is 0 Å². The van der Waals surface area contributed by atoms with E-state index in [4.69, 9.17) is 4.74 Å². The summed E-state index contributed by atoms with van der Waals surface area (Å²) in [5.41, 5.74) is 4.02. The predicted octanol–water partition coefficient (Wildman–Crippen LogP) is 3.04. The van der Waals surface area contributed by atoms with Crippen molar-refractivity contribution >= 4 is 5.91 Å². The van der Waals surface area contributed by atoms with Crippen molar-refractivity contribution in [3.8, 4) is 5.75 Å². The fourth-order valence-electron chi connectivity index (χ4n) is 3.13. The highest BCUT2D eigenvalue weighted by Gasteiger charge is 2.14. The molecule has 126 valence electrons. The molecule has 3 rings (SSSR count). The van der Waals surface area contributed by atoms with Gasteiger partial charge in [0.1, 0.15) is 5.75 Å². The Labute approximate surface area is 142 Å². The smallest absolute Gasteiger partial charge is 0.251 e. The standard InChI is InChI=1S/C20H23NO3/c1-24-18-8-4-7-16(12-18)19(22)13-21-20(23)17-10-9-14-5-2-3-6-15(14)11-17/h4,7-12,19,22H,2-3,5-6,13H2,1H3,(H,21,23). The van der Waals surface area contributed by atoms with Gasteiger partial charge in [-0.05, 0) is 66.6 Å². The third kappa shape index (κ3) is 3.77. The average Bonchev–Trinajstić information content (AvgIpc) is 2.65. The van der Waals surface area contributed by atoms with Crippen molar-refractivity contribution in [3.63, 3.8) is 0 Å². The molecule has 0 bridgehead atoms. The molecule has 1 amide bonds. The van der Waals surface area contributed by atoms with E-state index in [9.17, 15) is 9.90 Å². The number of methoxy groups -OCH3 is 1. The summed E-state index contributed by atoms with van der Waals surface area (Å²) in [7, 11) is 1.59. The lowest BCUT2D eigenvalue weighted by atomic mass is 9.90. The molecule has 0 aliphatic heterocycles. The molecule has 0 radical (unpaired) electrons. The molecule has 1 unspecified atom stereocenters. The van der Waals surface area contributed by atoms with Crippen LogP contribution in [0.2, 0.25) is 0 Å². The zero-order valence-electron chi connectivity index (χ0n) is 13.9. The van der Waals surface area contributed by atoms with Crippen LogP contribution in [0.5, 0.6) is 5.75 Å². The highest BCUT2D eigenvalue weighted by Crippen LogP contribution is 2.22. The van der Waals surface area contributed by atoms with E-state index in [1.807, 2.05) is 30.3 Å². The lowest BCUT2D eigenvalue weighted by Crippen LogP contribution is -2.28. The fourth-order valence-corrected chi connectivity index (χ4v) is 3.13. The number of hydrogen-bond acceptors (Lipinski definition) is 3. The lowest BCUT2D eigenvalue weighted by molar-refractivity contribution is 0.0916. The van der Waals surface area contributed by atoms with E-state index in [-0.39, 0.29) is 12.5 Å². The number of hydrogen-bond donors (Lipinski definition) is 2. The molecule has 1 aliphatic carbocycles. The molecule has 4 heteroatoms. The Bertz CT molecular complexity index is 727. The van der Waals surface area contributed by atoms with Gasteiger partial charge in [-0.1, -0.05) is 18.2 Å². The van der Waals surface area contributed by atoms with Crippen LogP contribution in [0.15, 0.2) is 42.5 Å². The molecular weight excluding hydrogens is 302 g/mol. The van der Waals surface area contributed by atoms with Crippen molar-refractivity contribution < 1.29 is 14.6 Å². The van der Waals surface area contributed by atoms with E-state index in [0.717, 1.165) is 18.4 Å². The van der Waals surface area contributed by atoms with Crippen molar-refractivity contribution in [1.82, 2.24) is 5.32 Å². The van der Waals surface area contributed by atoms with Crippen LogP contribution in [-0.2, 0) is 12.8 Å². The number of nitrogens with one attached hydrogen (secondary N) is 1.